The Morgan fingerprint density at radius 2 is 1.85 bits per heavy atom. The molecule has 0 aliphatic carbocycles. The lowest BCUT2D eigenvalue weighted by Gasteiger charge is -2.25. The van der Waals surface area contributed by atoms with Crippen LogP contribution in [-0.4, -0.2) is 27.4 Å². The van der Waals surface area contributed by atoms with Crippen molar-refractivity contribution in [3.63, 3.8) is 0 Å². The molecule has 26 heavy (non-hydrogen) atoms. The second-order valence-corrected chi connectivity index (χ2v) is 8.44. The molecule has 140 valence electrons. The molecule has 7 heteroatoms. The zero-order valence-electron chi connectivity index (χ0n) is 15.1. The van der Waals surface area contributed by atoms with E-state index in [2.05, 4.69) is 18.6 Å². The van der Waals surface area contributed by atoms with Crippen molar-refractivity contribution in [3.05, 3.63) is 59.1 Å². The highest BCUT2D eigenvalue weighted by atomic mass is 35.5. The van der Waals surface area contributed by atoms with Gasteiger partial charge in [0.05, 0.1) is 4.90 Å². The minimum absolute atomic E-state index is 0.0981. The molecule has 1 N–H and O–H groups in total. The van der Waals surface area contributed by atoms with Crippen molar-refractivity contribution in [1.82, 2.24) is 4.72 Å². The largest absolute Gasteiger partial charge is 0.311 e. The average molecular weight is 395 g/mol. The lowest BCUT2D eigenvalue weighted by atomic mass is 10.0. The average Bonchev–Trinajstić information content (AvgIpc) is 2.58. The number of rotatable bonds is 7. The van der Waals surface area contributed by atoms with Gasteiger partial charge in [-0.25, -0.2) is 13.1 Å². The molecule has 0 fully saturated rings. The first-order valence-corrected chi connectivity index (χ1v) is 10.2. The fraction of sp³-hybridized carbons (Fsp3) is 0.316. The third-order valence-corrected chi connectivity index (χ3v) is 5.66. The van der Waals surface area contributed by atoms with Gasteiger partial charge in [-0.05, 0) is 35.7 Å². The van der Waals surface area contributed by atoms with Crippen molar-refractivity contribution in [2.45, 2.75) is 31.6 Å². The summed E-state index contributed by atoms with van der Waals surface area (Å²) in [4.78, 5) is 13.8. The lowest BCUT2D eigenvalue weighted by molar-refractivity contribution is -0.116. The molecule has 0 bridgehead atoms. The Morgan fingerprint density at radius 1 is 1.15 bits per heavy atom. The summed E-state index contributed by atoms with van der Waals surface area (Å²) in [6.45, 7) is 5.92. The Bertz CT molecular complexity index is 882. The number of hydrogen-bond acceptors (Lipinski definition) is 3. The second-order valence-electron chi connectivity index (χ2n) is 6.24. The second kappa shape index (κ2) is 8.66. The first kappa shape index (κ1) is 20.4. The molecule has 0 aromatic heterocycles. The Labute approximate surface area is 160 Å². The van der Waals surface area contributed by atoms with Crippen molar-refractivity contribution in [2.75, 3.05) is 18.0 Å². The highest BCUT2D eigenvalue weighted by Crippen LogP contribution is 2.27. The molecule has 1 amide bonds. The quantitative estimate of drug-likeness (QED) is 0.776. The van der Waals surface area contributed by atoms with Gasteiger partial charge in [-0.2, -0.15) is 0 Å². The van der Waals surface area contributed by atoms with E-state index in [0.717, 1.165) is 11.3 Å². The topological polar surface area (TPSA) is 66.5 Å². The van der Waals surface area contributed by atoms with Crippen LogP contribution in [0.2, 0.25) is 5.02 Å². The van der Waals surface area contributed by atoms with E-state index in [0.29, 0.717) is 5.02 Å². The molecule has 0 aliphatic heterocycles. The van der Waals surface area contributed by atoms with Crippen molar-refractivity contribution in [2.24, 2.45) is 0 Å². The third-order valence-electron chi connectivity index (χ3n) is 3.96. The van der Waals surface area contributed by atoms with Gasteiger partial charge < -0.3 is 4.90 Å². The summed E-state index contributed by atoms with van der Waals surface area (Å²) in [5.74, 6) is 0.108. The van der Waals surface area contributed by atoms with E-state index in [4.69, 9.17) is 11.6 Å². The number of carbonyl (C=O) groups excluding carboxylic acids is 1. The predicted molar refractivity (Wildman–Crippen MR) is 105 cm³/mol. The molecule has 0 aliphatic rings. The van der Waals surface area contributed by atoms with Crippen LogP contribution >= 0.6 is 11.6 Å². The lowest BCUT2D eigenvalue weighted by Crippen LogP contribution is -2.38. The Kier molecular flexibility index (Phi) is 6.81. The molecule has 0 saturated heterocycles. The van der Waals surface area contributed by atoms with E-state index in [1.54, 1.807) is 17.0 Å². The maximum Gasteiger partial charge on any atom is 0.240 e. The van der Waals surface area contributed by atoms with Crippen LogP contribution < -0.4 is 9.62 Å². The number of nitrogens with one attached hydrogen (secondary N) is 1. The van der Waals surface area contributed by atoms with Crippen LogP contribution in [0.5, 0.6) is 0 Å². The summed E-state index contributed by atoms with van der Waals surface area (Å²) in [6, 6.07) is 13.7. The van der Waals surface area contributed by atoms with Gasteiger partial charge in [-0.3, -0.25) is 4.79 Å². The summed E-state index contributed by atoms with van der Waals surface area (Å²) >= 11 is 5.86. The standard InChI is InChI=1S/C19H23ClN2O3S/c1-14(2)18-9-4-5-10-19(18)22(15(3)23)12-11-21-26(24,25)17-8-6-7-16(20)13-17/h4-10,13-14,21H,11-12H2,1-3H3. The van der Waals surface area contributed by atoms with Crippen molar-refractivity contribution < 1.29 is 13.2 Å². The number of nitrogens with zero attached hydrogens (tertiary/aromatic N) is 1. The molecule has 0 spiro atoms. The summed E-state index contributed by atoms with van der Waals surface area (Å²) in [5.41, 5.74) is 1.84. The number of anilines is 1. The van der Waals surface area contributed by atoms with Gasteiger partial charge in [0.2, 0.25) is 15.9 Å². The molecular weight excluding hydrogens is 372 g/mol. The smallest absolute Gasteiger partial charge is 0.240 e. The molecule has 0 unspecified atom stereocenters. The summed E-state index contributed by atoms with van der Waals surface area (Å²) in [5, 5.41) is 0.351. The fourth-order valence-electron chi connectivity index (χ4n) is 2.68. The fourth-order valence-corrected chi connectivity index (χ4v) is 4.00. The zero-order chi connectivity index (χ0) is 19.3. The molecule has 0 heterocycles. The number of para-hydroxylation sites is 1. The van der Waals surface area contributed by atoms with E-state index in [1.165, 1.54) is 19.1 Å². The third kappa shape index (κ3) is 5.06. The molecule has 0 atom stereocenters. The minimum Gasteiger partial charge on any atom is -0.311 e. The van der Waals surface area contributed by atoms with Gasteiger partial charge in [0, 0.05) is 30.7 Å². The van der Waals surface area contributed by atoms with Crippen LogP contribution in [0.1, 0.15) is 32.3 Å². The van der Waals surface area contributed by atoms with E-state index < -0.39 is 10.0 Å². The minimum atomic E-state index is -3.69. The normalized spacial score (nSPS) is 11.6. The SMILES string of the molecule is CC(=O)N(CCNS(=O)(=O)c1cccc(Cl)c1)c1ccccc1C(C)C. The van der Waals surface area contributed by atoms with Gasteiger partial charge in [0.25, 0.3) is 0 Å². The molecule has 0 radical (unpaired) electrons. The van der Waals surface area contributed by atoms with Gasteiger partial charge in [-0.15, -0.1) is 0 Å². The van der Waals surface area contributed by atoms with E-state index in [-0.39, 0.29) is 29.8 Å². The summed E-state index contributed by atoms with van der Waals surface area (Å²) in [7, 11) is -3.69. The molecule has 2 aromatic carbocycles. The van der Waals surface area contributed by atoms with Crippen LogP contribution in [0.3, 0.4) is 0 Å². The number of benzene rings is 2. The molecule has 0 saturated carbocycles. The van der Waals surface area contributed by atoms with Crippen LogP contribution in [-0.2, 0) is 14.8 Å². The molecular formula is C19H23ClN2O3S. The van der Waals surface area contributed by atoms with Crippen LogP contribution in [0, 0.1) is 0 Å². The molecule has 2 rings (SSSR count). The van der Waals surface area contributed by atoms with Gasteiger partial charge in [0.15, 0.2) is 0 Å². The van der Waals surface area contributed by atoms with E-state index in [9.17, 15) is 13.2 Å². The number of carbonyl (C=O) groups is 1. The Morgan fingerprint density at radius 3 is 2.46 bits per heavy atom. The number of hydrogen-bond donors (Lipinski definition) is 1. The van der Waals surface area contributed by atoms with Crippen molar-refractivity contribution >= 4 is 33.2 Å². The molecule has 5 nitrogen and oxygen atoms in total. The predicted octanol–water partition coefficient (Wildman–Crippen LogP) is 3.79. The van der Waals surface area contributed by atoms with Gasteiger partial charge >= 0.3 is 0 Å². The summed E-state index contributed by atoms with van der Waals surface area (Å²) in [6.07, 6.45) is 0. The van der Waals surface area contributed by atoms with Crippen LogP contribution in [0.4, 0.5) is 5.69 Å². The highest BCUT2D eigenvalue weighted by molar-refractivity contribution is 7.89. The van der Waals surface area contributed by atoms with Crippen molar-refractivity contribution in [3.8, 4) is 0 Å². The number of amides is 1. The zero-order valence-corrected chi connectivity index (χ0v) is 16.6. The number of sulfonamides is 1. The van der Waals surface area contributed by atoms with E-state index >= 15 is 0 Å². The monoisotopic (exact) mass is 394 g/mol. The van der Waals surface area contributed by atoms with Crippen LogP contribution in [0.25, 0.3) is 0 Å². The summed E-state index contributed by atoms with van der Waals surface area (Å²) < 4.78 is 27.3. The number of halogens is 1. The first-order chi connectivity index (χ1) is 12.2. The maximum atomic E-state index is 12.4. The Hall–Kier alpha value is -1.89. The Balaban J connectivity index is 2.14. The maximum absolute atomic E-state index is 12.4. The van der Waals surface area contributed by atoms with Gasteiger partial charge in [-0.1, -0.05) is 49.7 Å². The highest BCUT2D eigenvalue weighted by Gasteiger charge is 2.19. The van der Waals surface area contributed by atoms with Crippen LogP contribution in [0.15, 0.2) is 53.4 Å². The van der Waals surface area contributed by atoms with Gasteiger partial charge in [0.1, 0.15) is 0 Å². The van der Waals surface area contributed by atoms with E-state index in [1.807, 2.05) is 24.3 Å². The van der Waals surface area contributed by atoms with Crippen molar-refractivity contribution in [1.29, 1.82) is 0 Å². The molecule has 2 aromatic rings. The first-order valence-electron chi connectivity index (χ1n) is 8.34.